The van der Waals surface area contributed by atoms with Gasteiger partial charge in [-0.25, -0.2) is 0 Å². The zero-order chi connectivity index (χ0) is 21.2. The van der Waals surface area contributed by atoms with Gasteiger partial charge in [-0.2, -0.15) is 0 Å². The Morgan fingerprint density at radius 2 is 1.59 bits per heavy atom. The molecular formula is C23H30N2O4. The maximum atomic E-state index is 12.9. The molecule has 156 valence electrons. The minimum absolute atomic E-state index is 0.0340. The van der Waals surface area contributed by atoms with Gasteiger partial charge in [-0.3, -0.25) is 9.59 Å². The van der Waals surface area contributed by atoms with E-state index in [-0.39, 0.29) is 24.4 Å². The number of carbonyl (C=O) groups is 2. The summed E-state index contributed by atoms with van der Waals surface area (Å²) in [5.74, 6) is 1.21. The Kier molecular flexibility index (Phi) is 8.52. The number of hydrogen-bond donors (Lipinski definition) is 0. The van der Waals surface area contributed by atoms with Crippen molar-refractivity contribution >= 4 is 11.8 Å². The Morgan fingerprint density at radius 3 is 2.14 bits per heavy atom. The summed E-state index contributed by atoms with van der Waals surface area (Å²) in [5.41, 5.74) is 1.06. The van der Waals surface area contributed by atoms with Gasteiger partial charge < -0.3 is 19.3 Å². The first-order valence-corrected chi connectivity index (χ1v) is 9.76. The number of carbonyl (C=O) groups excluding carboxylic acids is 2. The van der Waals surface area contributed by atoms with Gasteiger partial charge >= 0.3 is 0 Å². The van der Waals surface area contributed by atoms with Gasteiger partial charge in [0.1, 0.15) is 18.1 Å². The number of ether oxygens (including phenoxy) is 2. The molecule has 0 atom stereocenters. The van der Waals surface area contributed by atoms with Crippen molar-refractivity contribution < 1.29 is 19.1 Å². The van der Waals surface area contributed by atoms with E-state index in [9.17, 15) is 9.59 Å². The molecule has 0 unspecified atom stereocenters. The van der Waals surface area contributed by atoms with Gasteiger partial charge in [0.25, 0.3) is 0 Å². The maximum Gasteiger partial charge on any atom is 0.242 e. The third-order valence-corrected chi connectivity index (χ3v) is 4.60. The van der Waals surface area contributed by atoms with Gasteiger partial charge in [-0.1, -0.05) is 30.3 Å². The number of benzene rings is 2. The number of hydrogen-bond acceptors (Lipinski definition) is 4. The van der Waals surface area contributed by atoms with Crippen molar-refractivity contribution in [2.75, 3.05) is 26.8 Å². The molecule has 6 nitrogen and oxygen atoms in total. The third kappa shape index (κ3) is 7.14. The molecular weight excluding hydrogens is 368 g/mol. The Labute approximate surface area is 173 Å². The first-order valence-electron chi connectivity index (χ1n) is 9.76. The topological polar surface area (TPSA) is 59.1 Å². The van der Waals surface area contributed by atoms with Gasteiger partial charge in [-0.05, 0) is 43.7 Å². The largest absolute Gasteiger partial charge is 0.497 e. The molecule has 29 heavy (non-hydrogen) atoms. The van der Waals surface area contributed by atoms with E-state index in [0.717, 1.165) is 11.3 Å². The summed E-state index contributed by atoms with van der Waals surface area (Å²) in [4.78, 5) is 28.2. The molecule has 0 saturated heterocycles. The van der Waals surface area contributed by atoms with Gasteiger partial charge in [-0.15, -0.1) is 0 Å². The Balaban J connectivity index is 1.92. The summed E-state index contributed by atoms with van der Waals surface area (Å²) in [6, 6.07) is 17.1. The highest BCUT2D eigenvalue weighted by Crippen LogP contribution is 2.17. The molecule has 0 aromatic heterocycles. The third-order valence-electron chi connectivity index (χ3n) is 4.60. The zero-order valence-electron chi connectivity index (χ0n) is 17.6. The molecule has 2 aromatic carbocycles. The van der Waals surface area contributed by atoms with Crippen LogP contribution in [0.3, 0.4) is 0 Å². The van der Waals surface area contributed by atoms with Crippen LogP contribution in [-0.2, 0) is 16.1 Å². The lowest BCUT2D eigenvalue weighted by molar-refractivity contribution is -0.141. The quantitative estimate of drug-likeness (QED) is 0.616. The molecule has 0 fully saturated rings. The molecule has 2 aromatic rings. The predicted molar refractivity (Wildman–Crippen MR) is 113 cm³/mol. The van der Waals surface area contributed by atoms with Crippen LogP contribution in [-0.4, -0.2) is 54.5 Å². The van der Waals surface area contributed by atoms with E-state index < -0.39 is 0 Å². The van der Waals surface area contributed by atoms with Gasteiger partial charge in [0.2, 0.25) is 11.8 Å². The summed E-state index contributed by atoms with van der Waals surface area (Å²) in [7, 11) is 1.61. The van der Waals surface area contributed by atoms with Crippen LogP contribution in [0.25, 0.3) is 0 Å². The summed E-state index contributed by atoms with van der Waals surface area (Å²) in [5, 5.41) is 0. The second kappa shape index (κ2) is 11.1. The van der Waals surface area contributed by atoms with E-state index in [1.165, 1.54) is 11.8 Å². The second-order valence-corrected chi connectivity index (χ2v) is 7.07. The second-order valence-electron chi connectivity index (χ2n) is 7.07. The van der Waals surface area contributed by atoms with Crippen molar-refractivity contribution in [2.24, 2.45) is 0 Å². The van der Waals surface area contributed by atoms with Crippen LogP contribution in [0.2, 0.25) is 0 Å². The highest BCUT2D eigenvalue weighted by atomic mass is 16.5. The molecule has 0 bridgehead atoms. The number of nitrogens with zero attached hydrogens (tertiary/aromatic N) is 2. The van der Waals surface area contributed by atoms with E-state index in [0.29, 0.717) is 25.4 Å². The van der Waals surface area contributed by atoms with Crippen LogP contribution in [0, 0.1) is 0 Å². The lowest BCUT2D eigenvalue weighted by Gasteiger charge is -2.30. The molecule has 2 amide bonds. The Hall–Kier alpha value is -3.02. The fraction of sp³-hybridized carbons (Fsp3) is 0.391. The maximum absolute atomic E-state index is 12.9. The lowest BCUT2D eigenvalue weighted by atomic mass is 10.2. The highest BCUT2D eigenvalue weighted by molar-refractivity contribution is 5.84. The molecule has 6 heteroatoms. The Morgan fingerprint density at radius 1 is 0.966 bits per heavy atom. The molecule has 0 spiro atoms. The van der Waals surface area contributed by atoms with Crippen LogP contribution in [0.5, 0.6) is 11.5 Å². The highest BCUT2D eigenvalue weighted by Gasteiger charge is 2.21. The Bertz CT molecular complexity index is 775. The molecule has 0 saturated carbocycles. The summed E-state index contributed by atoms with van der Waals surface area (Å²) >= 11 is 0. The number of rotatable bonds is 10. The zero-order valence-corrected chi connectivity index (χ0v) is 17.6. The van der Waals surface area contributed by atoms with Gasteiger partial charge in [0.05, 0.1) is 20.2 Å². The van der Waals surface area contributed by atoms with Gasteiger partial charge in [0, 0.05) is 19.5 Å². The van der Waals surface area contributed by atoms with Crippen molar-refractivity contribution in [3.05, 3.63) is 60.2 Å². The fourth-order valence-corrected chi connectivity index (χ4v) is 2.89. The van der Waals surface area contributed by atoms with Crippen molar-refractivity contribution in [3.8, 4) is 11.5 Å². The van der Waals surface area contributed by atoms with E-state index in [1.807, 2.05) is 68.4 Å². The number of methoxy groups -OCH3 is 1. The summed E-state index contributed by atoms with van der Waals surface area (Å²) in [6.45, 7) is 6.62. The fourth-order valence-electron chi connectivity index (χ4n) is 2.89. The van der Waals surface area contributed by atoms with Crippen LogP contribution in [0.15, 0.2) is 54.6 Å². The monoisotopic (exact) mass is 398 g/mol. The van der Waals surface area contributed by atoms with Gasteiger partial charge in [0.15, 0.2) is 0 Å². The smallest absolute Gasteiger partial charge is 0.242 e. The SMILES string of the molecule is COc1ccc(OCCN(CC(=O)N(Cc2ccccc2)C(C)C)C(C)=O)cc1. The van der Waals surface area contributed by atoms with Crippen LogP contribution >= 0.6 is 0 Å². The van der Waals surface area contributed by atoms with E-state index in [1.54, 1.807) is 12.0 Å². The van der Waals surface area contributed by atoms with Crippen molar-refractivity contribution in [1.29, 1.82) is 0 Å². The molecule has 0 radical (unpaired) electrons. The molecule has 2 rings (SSSR count). The van der Waals surface area contributed by atoms with Crippen LogP contribution in [0.4, 0.5) is 0 Å². The van der Waals surface area contributed by atoms with E-state index >= 15 is 0 Å². The lowest BCUT2D eigenvalue weighted by Crippen LogP contribution is -2.45. The van der Waals surface area contributed by atoms with Crippen molar-refractivity contribution in [3.63, 3.8) is 0 Å². The van der Waals surface area contributed by atoms with E-state index in [4.69, 9.17) is 9.47 Å². The first-order chi connectivity index (χ1) is 13.9. The molecule has 0 aliphatic heterocycles. The minimum atomic E-state index is -0.153. The average Bonchev–Trinajstić information content (AvgIpc) is 2.72. The molecule has 0 heterocycles. The molecule has 0 N–H and O–H groups in total. The van der Waals surface area contributed by atoms with Crippen LogP contribution in [0.1, 0.15) is 26.3 Å². The first kappa shape index (κ1) is 22.3. The molecule has 0 aliphatic rings. The average molecular weight is 399 g/mol. The summed E-state index contributed by atoms with van der Waals surface area (Å²) in [6.07, 6.45) is 0. The normalized spacial score (nSPS) is 10.5. The van der Waals surface area contributed by atoms with Crippen molar-refractivity contribution in [2.45, 2.75) is 33.4 Å². The standard InChI is InChI=1S/C23H30N2O4/c1-18(2)25(16-20-8-6-5-7-9-20)23(27)17-24(19(3)26)14-15-29-22-12-10-21(28-4)11-13-22/h5-13,18H,14-17H2,1-4H3. The van der Waals surface area contributed by atoms with Crippen molar-refractivity contribution in [1.82, 2.24) is 9.80 Å². The van der Waals surface area contributed by atoms with Crippen LogP contribution < -0.4 is 9.47 Å². The minimum Gasteiger partial charge on any atom is -0.497 e. The predicted octanol–water partition coefficient (Wildman–Crippen LogP) is 3.36. The number of amides is 2. The van der Waals surface area contributed by atoms with E-state index in [2.05, 4.69) is 0 Å². The molecule has 0 aliphatic carbocycles. The summed E-state index contributed by atoms with van der Waals surface area (Å²) < 4.78 is 10.8.